The summed E-state index contributed by atoms with van der Waals surface area (Å²) < 4.78 is 13.6. The predicted octanol–water partition coefficient (Wildman–Crippen LogP) is 2.04. The second-order valence-electron chi connectivity index (χ2n) is 6.75. The summed E-state index contributed by atoms with van der Waals surface area (Å²) in [6, 6.07) is 11.3. The zero-order chi connectivity index (χ0) is 19.4. The number of pyridine rings is 1. The molecule has 0 aliphatic carbocycles. The van der Waals surface area contributed by atoms with Crippen LogP contribution in [0, 0.1) is 17.1 Å². The lowest BCUT2D eigenvalue weighted by atomic mass is 10.0. The molecular weight excluding hydrogens is 345 g/mol. The van der Waals surface area contributed by atoms with Gasteiger partial charge in [0, 0.05) is 32.4 Å². The fraction of sp³-hybridized carbons (Fsp3) is 0.350. The van der Waals surface area contributed by atoms with Crippen LogP contribution in [-0.4, -0.2) is 61.0 Å². The molecule has 0 bridgehead atoms. The Kier molecular flexibility index (Phi) is 5.67. The Morgan fingerprint density at radius 3 is 2.52 bits per heavy atom. The normalized spacial score (nSPS) is 15.5. The van der Waals surface area contributed by atoms with Gasteiger partial charge in [-0.05, 0) is 43.9 Å². The highest BCUT2D eigenvalue weighted by atomic mass is 19.1. The van der Waals surface area contributed by atoms with E-state index in [2.05, 4.69) is 16.0 Å². The largest absolute Gasteiger partial charge is 0.353 e. The van der Waals surface area contributed by atoms with E-state index in [1.165, 1.54) is 12.1 Å². The van der Waals surface area contributed by atoms with Gasteiger partial charge in [-0.1, -0.05) is 12.1 Å². The Morgan fingerprint density at radius 2 is 1.96 bits per heavy atom. The predicted molar refractivity (Wildman–Crippen MR) is 101 cm³/mol. The van der Waals surface area contributed by atoms with Crippen LogP contribution in [0.1, 0.15) is 17.2 Å². The highest BCUT2D eigenvalue weighted by molar-refractivity contribution is 5.83. The summed E-state index contributed by atoms with van der Waals surface area (Å²) >= 11 is 0. The molecular formula is C20H22FN5O. The number of hydrogen-bond donors (Lipinski definition) is 0. The molecule has 3 rings (SSSR count). The molecule has 1 fully saturated rings. The topological polar surface area (TPSA) is 63.5 Å². The molecule has 1 atom stereocenters. The van der Waals surface area contributed by atoms with E-state index in [-0.39, 0.29) is 11.7 Å². The van der Waals surface area contributed by atoms with Gasteiger partial charge in [-0.25, -0.2) is 9.37 Å². The summed E-state index contributed by atoms with van der Waals surface area (Å²) in [7, 11) is 3.65. The first kappa shape index (κ1) is 18.8. The molecule has 0 spiro atoms. The molecule has 0 saturated carbocycles. The van der Waals surface area contributed by atoms with Gasteiger partial charge in [0.15, 0.2) is 0 Å². The van der Waals surface area contributed by atoms with Crippen LogP contribution in [-0.2, 0) is 4.79 Å². The Hall–Kier alpha value is -2.98. The zero-order valence-corrected chi connectivity index (χ0v) is 15.5. The first-order valence-corrected chi connectivity index (χ1v) is 8.81. The fourth-order valence-corrected chi connectivity index (χ4v) is 3.31. The van der Waals surface area contributed by atoms with Crippen LogP contribution in [0.5, 0.6) is 0 Å². The van der Waals surface area contributed by atoms with Crippen molar-refractivity contribution in [3.8, 4) is 6.07 Å². The molecule has 140 valence electrons. The smallest absolute Gasteiger partial charge is 0.244 e. The lowest BCUT2D eigenvalue weighted by Gasteiger charge is -2.38. The maximum Gasteiger partial charge on any atom is 0.244 e. The van der Waals surface area contributed by atoms with Crippen molar-refractivity contribution in [2.24, 2.45) is 0 Å². The molecule has 27 heavy (non-hydrogen) atoms. The second kappa shape index (κ2) is 8.14. The third kappa shape index (κ3) is 4.23. The highest BCUT2D eigenvalue weighted by Crippen LogP contribution is 2.23. The van der Waals surface area contributed by atoms with Crippen LogP contribution < -0.4 is 4.90 Å². The zero-order valence-electron chi connectivity index (χ0n) is 15.5. The molecule has 2 aromatic rings. The summed E-state index contributed by atoms with van der Waals surface area (Å²) in [5.41, 5.74) is 1.18. The summed E-state index contributed by atoms with van der Waals surface area (Å²) in [4.78, 5) is 23.1. The second-order valence-corrected chi connectivity index (χ2v) is 6.75. The molecule has 7 heteroatoms. The van der Waals surface area contributed by atoms with E-state index in [1.807, 2.05) is 30.0 Å². The van der Waals surface area contributed by atoms with Crippen molar-refractivity contribution in [2.75, 3.05) is 45.2 Å². The van der Waals surface area contributed by atoms with Crippen molar-refractivity contribution in [3.05, 3.63) is 59.5 Å². The van der Waals surface area contributed by atoms with Crippen LogP contribution in [0.25, 0.3) is 0 Å². The van der Waals surface area contributed by atoms with Crippen LogP contribution >= 0.6 is 0 Å². The van der Waals surface area contributed by atoms with E-state index in [1.54, 1.807) is 24.4 Å². The number of piperazine rings is 1. The van der Waals surface area contributed by atoms with E-state index in [0.29, 0.717) is 37.3 Å². The van der Waals surface area contributed by atoms with Gasteiger partial charge in [0.1, 0.15) is 23.7 Å². The van der Waals surface area contributed by atoms with E-state index in [9.17, 15) is 9.18 Å². The number of carbonyl (C=O) groups excluding carboxylic acids is 1. The molecule has 1 saturated heterocycles. The standard InChI is InChI=1S/C20H22FN5O/c1-24(2)19(16-4-3-5-17(21)12-16)20(27)26-10-8-25(9-11-26)18-7-6-15(13-22)14-23-18/h3-7,12,14,19H,8-11H2,1-2H3. The summed E-state index contributed by atoms with van der Waals surface area (Å²) in [5, 5.41) is 8.87. The van der Waals surface area contributed by atoms with Gasteiger partial charge in [0.25, 0.3) is 0 Å². The number of likely N-dealkylation sites (N-methyl/N-ethyl adjacent to an activating group) is 1. The van der Waals surface area contributed by atoms with Crippen LogP contribution in [0.3, 0.4) is 0 Å². The van der Waals surface area contributed by atoms with Crippen LogP contribution in [0.4, 0.5) is 10.2 Å². The first-order valence-electron chi connectivity index (χ1n) is 8.81. The summed E-state index contributed by atoms with van der Waals surface area (Å²) in [6.45, 7) is 2.46. The third-order valence-corrected chi connectivity index (χ3v) is 4.71. The van der Waals surface area contributed by atoms with E-state index in [0.717, 1.165) is 5.82 Å². The van der Waals surface area contributed by atoms with E-state index >= 15 is 0 Å². The van der Waals surface area contributed by atoms with Crippen molar-refractivity contribution in [2.45, 2.75) is 6.04 Å². The first-order chi connectivity index (χ1) is 13.0. The molecule has 0 N–H and O–H groups in total. The minimum atomic E-state index is -0.514. The van der Waals surface area contributed by atoms with Crippen molar-refractivity contribution >= 4 is 11.7 Å². The number of rotatable bonds is 4. The van der Waals surface area contributed by atoms with Gasteiger partial charge < -0.3 is 9.80 Å². The van der Waals surface area contributed by atoms with Crippen LogP contribution in [0.15, 0.2) is 42.6 Å². The monoisotopic (exact) mass is 367 g/mol. The Balaban J connectivity index is 1.68. The van der Waals surface area contributed by atoms with Gasteiger partial charge in [0.2, 0.25) is 5.91 Å². The number of carbonyl (C=O) groups is 1. The molecule has 2 heterocycles. The molecule has 1 aliphatic rings. The molecule has 1 aromatic heterocycles. The van der Waals surface area contributed by atoms with Gasteiger partial charge in [-0.2, -0.15) is 5.26 Å². The van der Waals surface area contributed by atoms with Gasteiger partial charge >= 0.3 is 0 Å². The fourth-order valence-electron chi connectivity index (χ4n) is 3.31. The number of aromatic nitrogens is 1. The van der Waals surface area contributed by atoms with Gasteiger partial charge in [0.05, 0.1) is 5.56 Å². The van der Waals surface area contributed by atoms with Crippen molar-refractivity contribution in [3.63, 3.8) is 0 Å². The maximum absolute atomic E-state index is 13.6. The third-order valence-electron chi connectivity index (χ3n) is 4.71. The number of halogens is 1. The molecule has 1 unspecified atom stereocenters. The Morgan fingerprint density at radius 1 is 1.22 bits per heavy atom. The summed E-state index contributed by atoms with van der Waals surface area (Å²) in [5.74, 6) is 0.428. The van der Waals surface area contributed by atoms with Crippen molar-refractivity contribution in [1.29, 1.82) is 5.26 Å². The quantitative estimate of drug-likeness (QED) is 0.828. The van der Waals surface area contributed by atoms with Gasteiger partial charge in [-0.3, -0.25) is 9.69 Å². The SMILES string of the molecule is CN(C)C(C(=O)N1CCN(c2ccc(C#N)cn2)CC1)c1cccc(F)c1. The van der Waals surface area contributed by atoms with Crippen molar-refractivity contribution < 1.29 is 9.18 Å². The molecule has 0 radical (unpaired) electrons. The number of nitriles is 1. The molecule has 1 aliphatic heterocycles. The molecule has 6 nitrogen and oxygen atoms in total. The Labute approximate surface area is 158 Å². The van der Waals surface area contributed by atoms with E-state index in [4.69, 9.17) is 5.26 Å². The van der Waals surface area contributed by atoms with Crippen LogP contribution in [0.2, 0.25) is 0 Å². The summed E-state index contributed by atoms with van der Waals surface area (Å²) in [6.07, 6.45) is 1.55. The number of nitrogens with zero attached hydrogens (tertiary/aromatic N) is 5. The number of anilines is 1. The average molecular weight is 367 g/mol. The average Bonchev–Trinajstić information content (AvgIpc) is 2.68. The Bertz CT molecular complexity index is 838. The van der Waals surface area contributed by atoms with Crippen molar-refractivity contribution in [1.82, 2.24) is 14.8 Å². The highest BCUT2D eigenvalue weighted by Gasteiger charge is 2.30. The van der Waals surface area contributed by atoms with E-state index < -0.39 is 6.04 Å². The molecule has 1 aromatic carbocycles. The number of amides is 1. The number of hydrogen-bond acceptors (Lipinski definition) is 5. The van der Waals surface area contributed by atoms with Gasteiger partial charge in [-0.15, -0.1) is 0 Å². The maximum atomic E-state index is 13.6. The molecule has 1 amide bonds. The minimum Gasteiger partial charge on any atom is -0.353 e. The minimum absolute atomic E-state index is 0.0296. The number of benzene rings is 1. The lowest BCUT2D eigenvalue weighted by molar-refractivity contribution is -0.136. The lowest BCUT2D eigenvalue weighted by Crippen LogP contribution is -2.51.